The van der Waals surface area contributed by atoms with Crippen molar-refractivity contribution in [3.8, 4) is 5.75 Å². The monoisotopic (exact) mass is 228 g/mol. The molecule has 0 atom stereocenters. The number of nitrogens with one attached hydrogen (secondary N) is 1. The molecule has 0 aliphatic rings. The first kappa shape index (κ1) is 11.3. The van der Waals surface area contributed by atoms with E-state index in [1.165, 1.54) is 0 Å². The molecule has 0 saturated heterocycles. The molecule has 0 radical (unpaired) electrons. The van der Waals surface area contributed by atoms with Gasteiger partial charge in [-0.15, -0.1) is 0 Å². The molecule has 0 bridgehead atoms. The number of nitrogens with two attached hydrogens (primary N) is 1. The molecule has 0 aromatic heterocycles. The number of hydrogen-bond acceptors (Lipinski definition) is 3. The molecule has 0 aliphatic heterocycles. The van der Waals surface area contributed by atoms with Crippen LogP contribution in [0.4, 0.5) is 11.4 Å². The average Bonchev–Trinajstić information content (AvgIpc) is 2.32. The molecule has 3 nitrogen and oxygen atoms in total. The Labute approximate surface area is 101 Å². The first-order valence-corrected chi connectivity index (χ1v) is 5.53. The van der Waals surface area contributed by atoms with Gasteiger partial charge >= 0.3 is 0 Å². The number of rotatable bonds is 3. The Kier molecular flexibility index (Phi) is 3.19. The topological polar surface area (TPSA) is 58.3 Å². The zero-order valence-corrected chi connectivity index (χ0v) is 9.77. The van der Waals surface area contributed by atoms with Crippen LogP contribution in [-0.4, -0.2) is 5.11 Å². The first-order chi connectivity index (χ1) is 8.16. The third-order valence-electron chi connectivity index (χ3n) is 2.73. The maximum absolute atomic E-state index is 9.43. The highest BCUT2D eigenvalue weighted by atomic mass is 16.3. The molecule has 0 heterocycles. The smallest absolute Gasteiger partial charge is 0.118 e. The van der Waals surface area contributed by atoms with E-state index < -0.39 is 0 Å². The molecule has 0 fully saturated rings. The van der Waals surface area contributed by atoms with Gasteiger partial charge in [-0.05, 0) is 42.3 Å². The largest absolute Gasteiger partial charge is 0.508 e. The van der Waals surface area contributed by atoms with Crippen LogP contribution in [-0.2, 0) is 6.54 Å². The van der Waals surface area contributed by atoms with Crippen LogP contribution in [0, 0.1) is 6.92 Å². The Morgan fingerprint density at radius 1 is 1.18 bits per heavy atom. The lowest BCUT2D eigenvalue weighted by atomic mass is 10.1. The van der Waals surface area contributed by atoms with E-state index in [1.54, 1.807) is 6.07 Å². The normalized spacial score (nSPS) is 10.2. The van der Waals surface area contributed by atoms with Gasteiger partial charge in [0.25, 0.3) is 0 Å². The van der Waals surface area contributed by atoms with Crippen LogP contribution in [0.15, 0.2) is 42.5 Å². The summed E-state index contributed by atoms with van der Waals surface area (Å²) in [6.45, 7) is 2.55. The Balaban J connectivity index is 2.08. The van der Waals surface area contributed by atoms with Crippen LogP contribution in [0.3, 0.4) is 0 Å². The summed E-state index contributed by atoms with van der Waals surface area (Å²) in [5, 5.41) is 12.7. The molecule has 0 saturated carbocycles. The van der Waals surface area contributed by atoms with Crippen molar-refractivity contribution in [2.45, 2.75) is 13.5 Å². The van der Waals surface area contributed by atoms with Crippen LogP contribution >= 0.6 is 0 Å². The van der Waals surface area contributed by atoms with Gasteiger partial charge in [-0.2, -0.15) is 0 Å². The molecule has 2 aromatic carbocycles. The van der Waals surface area contributed by atoms with Gasteiger partial charge in [0.2, 0.25) is 0 Å². The van der Waals surface area contributed by atoms with Crippen molar-refractivity contribution < 1.29 is 5.11 Å². The van der Waals surface area contributed by atoms with E-state index in [1.807, 2.05) is 43.3 Å². The lowest BCUT2D eigenvalue weighted by Crippen LogP contribution is -2.02. The Morgan fingerprint density at radius 2 is 1.94 bits per heavy atom. The fourth-order valence-corrected chi connectivity index (χ4v) is 1.66. The molecular weight excluding hydrogens is 212 g/mol. The summed E-state index contributed by atoms with van der Waals surface area (Å²) >= 11 is 0. The quantitative estimate of drug-likeness (QED) is 0.559. The summed E-state index contributed by atoms with van der Waals surface area (Å²) in [7, 11) is 0. The minimum Gasteiger partial charge on any atom is -0.508 e. The molecule has 0 spiro atoms. The van der Waals surface area contributed by atoms with Crippen LogP contribution in [0.5, 0.6) is 5.75 Å². The summed E-state index contributed by atoms with van der Waals surface area (Å²) in [4.78, 5) is 0. The van der Waals surface area contributed by atoms with Gasteiger partial charge in [0, 0.05) is 17.9 Å². The van der Waals surface area contributed by atoms with Crippen molar-refractivity contribution in [3.63, 3.8) is 0 Å². The van der Waals surface area contributed by atoms with Crippen molar-refractivity contribution in [3.05, 3.63) is 53.6 Å². The van der Waals surface area contributed by atoms with Gasteiger partial charge in [0.1, 0.15) is 5.75 Å². The predicted molar refractivity (Wildman–Crippen MR) is 71.0 cm³/mol. The van der Waals surface area contributed by atoms with Crippen molar-refractivity contribution in [2.24, 2.45) is 0 Å². The maximum Gasteiger partial charge on any atom is 0.118 e. The molecule has 88 valence electrons. The Bertz CT molecular complexity index is 523. The fraction of sp³-hybridized carbons (Fsp3) is 0.143. The third kappa shape index (κ3) is 2.69. The van der Waals surface area contributed by atoms with Crippen molar-refractivity contribution >= 4 is 11.4 Å². The second-order valence-corrected chi connectivity index (χ2v) is 4.05. The minimum absolute atomic E-state index is 0.315. The summed E-state index contributed by atoms with van der Waals surface area (Å²) < 4.78 is 0. The van der Waals surface area contributed by atoms with E-state index in [2.05, 4.69) is 5.32 Å². The number of nitrogen functional groups attached to an aromatic ring is 1. The lowest BCUT2D eigenvalue weighted by molar-refractivity contribution is 0.471. The van der Waals surface area contributed by atoms with E-state index in [4.69, 9.17) is 5.73 Å². The van der Waals surface area contributed by atoms with Gasteiger partial charge in [-0.1, -0.05) is 18.2 Å². The molecule has 2 rings (SSSR count). The minimum atomic E-state index is 0.315. The van der Waals surface area contributed by atoms with E-state index >= 15 is 0 Å². The zero-order chi connectivity index (χ0) is 12.3. The number of anilines is 2. The van der Waals surface area contributed by atoms with Crippen LogP contribution in [0.1, 0.15) is 11.1 Å². The third-order valence-corrected chi connectivity index (χ3v) is 2.73. The lowest BCUT2D eigenvalue weighted by Gasteiger charge is -2.09. The zero-order valence-electron chi connectivity index (χ0n) is 9.77. The van der Waals surface area contributed by atoms with Gasteiger partial charge in [0.05, 0.1) is 0 Å². The predicted octanol–water partition coefficient (Wildman–Crippen LogP) is 2.89. The average molecular weight is 228 g/mol. The van der Waals surface area contributed by atoms with Crippen molar-refractivity contribution in [1.29, 1.82) is 0 Å². The molecule has 0 amide bonds. The summed E-state index contributed by atoms with van der Waals surface area (Å²) in [5.41, 5.74) is 9.55. The molecular formula is C14H16N2O. The number of aromatic hydroxyl groups is 1. The van der Waals surface area contributed by atoms with E-state index in [-0.39, 0.29) is 0 Å². The highest BCUT2D eigenvalue weighted by molar-refractivity contribution is 5.53. The molecule has 0 aliphatic carbocycles. The number of phenolic OH excluding ortho intramolecular Hbond substituents is 1. The standard InChI is InChI=1S/C14H16N2O/c1-10-8-12(6-7-14(10)17)16-9-11-4-2-3-5-13(11)15/h2-8,16-17H,9,15H2,1H3. The summed E-state index contributed by atoms with van der Waals surface area (Å²) in [6.07, 6.45) is 0. The highest BCUT2D eigenvalue weighted by Crippen LogP contribution is 2.21. The van der Waals surface area contributed by atoms with Gasteiger partial charge in [-0.3, -0.25) is 0 Å². The molecule has 0 unspecified atom stereocenters. The Hall–Kier alpha value is -2.16. The van der Waals surface area contributed by atoms with Gasteiger partial charge in [-0.25, -0.2) is 0 Å². The molecule has 4 N–H and O–H groups in total. The van der Waals surface area contributed by atoms with Crippen LogP contribution < -0.4 is 11.1 Å². The van der Waals surface area contributed by atoms with Gasteiger partial charge in [0.15, 0.2) is 0 Å². The van der Waals surface area contributed by atoms with E-state index in [0.717, 1.165) is 22.5 Å². The van der Waals surface area contributed by atoms with Crippen LogP contribution in [0.2, 0.25) is 0 Å². The number of hydrogen-bond donors (Lipinski definition) is 3. The van der Waals surface area contributed by atoms with Crippen molar-refractivity contribution in [2.75, 3.05) is 11.1 Å². The summed E-state index contributed by atoms with van der Waals surface area (Å²) in [6, 6.07) is 13.2. The number of para-hydroxylation sites is 1. The molecule has 17 heavy (non-hydrogen) atoms. The summed E-state index contributed by atoms with van der Waals surface area (Å²) in [5.74, 6) is 0.315. The highest BCUT2D eigenvalue weighted by Gasteiger charge is 2.00. The number of benzene rings is 2. The van der Waals surface area contributed by atoms with Crippen molar-refractivity contribution in [1.82, 2.24) is 0 Å². The molecule has 3 heteroatoms. The number of aryl methyl sites for hydroxylation is 1. The number of phenols is 1. The second-order valence-electron chi connectivity index (χ2n) is 4.05. The molecule has 2 aromatic rings. The van der Waals surface area contributed by atoms with Gasteiger partial charge < -0.3 is 16.2 Å². The van der Waals surface area contributed by atoms with Crippen LogP contribution in [0.25, 0.3) is 0 Å². The SMILES string of the molecule is Cc1cc(NCc2ccccc2N)ccc1O. The first-order valence-electron chi connectivity index (χ1n) is 5.53. The Morgan fingerprint density at radius 3 is 2.65 bits per heavy atom. The second kappa shape index (κ2) is 4.78. The maximum atomic E-state index is 9.43. The van der Waals surface area contributed by atoms with E-state index in [0.29, 0.717) is 12.3 Å². The fourth-order valence-electron chi connectivity index (χ4n) is 1.66. The van der Waals surface area contributed by atoms with E-state index in [9.17, 15) is 5.11 Å².